The van der Waals surface area contributed by atoms with Crippen LogP contribution in [0.2, 0.25) is 0 Å². The largest absolute Gasteiger partial charge is 0.310 e. The van der Waals surface area contributed by atoms with Gasteiger partial charge in [0.2, 0.25) is 0 Å². The molecule has 0 amide bonds. The molecule has 6 aromatic carbocycles. The Balaban J connectivity index is 1.34. The maximum Gasteiger partial charge on any atom is 0.0992 e. The van der Waals surface area contributed by atoms with Crippen LogP contribution in [0.3, 0.4) is 0 Å². The van der Waals surface area contributed by atoms with E-state index in [1.165, 1.54) is 11.1 Å². The van der Waals surface area contributed by atoms with Crippen molar-refractivity contribution in [1.82, 2.24) is 0 Å². The topological polar surface area (TPSA) is 54.1 Å². The van der Waals surface area contributed by atoms with Crippen LogP contribution in [0.5, 0.6) is 0 Å². The van der Waals surface area contributed by atoms with Crippen molar-refractivity contribution in [3.05, 3.63) is 168 Å². The SMILES string of the molecule is Cc1cccc(N(c2ccc(-c3ccc(N(c4cccc(C)c4)c4cccc(C#N)c4)cc3)cc2)c2cccc(C#N)c2)c1. The maximum atomic E-state index is 9.53. The fraction of sp³-hybridized carbons (Fsp3) is 0.0500. The van der Waals surface area contributed by atoms with Crippen LogP contribution in [0, 0.1) is 36.5 Å². The van der Waals surface area contributed by atoms with E-state index in [9.17, 15) is 10.5 Å². The van der Waals surface area contributed by atoms with E-state index in [2.05, 4.69) is 133 Å². The quantitative estimate of drug-likeness (QED) is 0.193. The summed E-state index contributed by atoms with van der Waals surface area (Å²) in [5, 5.41) is 19.1. The van der Waals surface area contributed by atoms with Crippen molar-refractivity contribution < 1.29 is 0 Å². The number of anilines is 6. The molecule has 4 nitrogen and oxygen atoms in total. The maximum absolute atomic E-state index is 9.53. The molecule has 0 unspecified atom stereocenters. The first-order valence-electron chi connectivity index (χ1n) is 14.5. The summed E-state index contributed by atoms with van der Waals surface area (Å²) in [6.07, 6.45) is 0. The lowest BCUT2D eigenvalue weighted by atomic mass is 10.0. The normalized spacial score (nSPS) is 10.5. The summed E-state index contributed by atoms with van der Waals surface area (Å²) in [5.74, 6) is 0. The van der Waals surface area contributed by atoms with Gasteiger partial charge in [-0.25, -0.2) is 0 Å². The average molecular weight is 567 g/mol. The van der Waals surface area contributed by atoms with Crippen LogP contribution < -0.4 is 9.80 Å². The monoisotopic (exact) mass is 566 g/mol. The second kappa shape index (κ2) is 12.4. The lowest BCUT2D eigenvalue weighted by Crippen LogP contribution is -2.10. The standard InChI is InChI=1S/C40H30N4/c1-29-7-3-11-37(23-29)43(39-13-5-9-31(25-39)27-41)35-19-15-33(16-20-35)34-17-21-36(22-18-34)44(38-12-4-8-30(2)24-38)40-14-6-10-32(26-40)28-42/h3-26H,1-2H3. The van der Waals surface area contributed by atoms with Crippen molar-refractivity contribution >= 4 is 34.1 Å². The third kappa shape index (κ3) is 5.93. The first kappa shape index (κ1) is 28.0. The molecule has 0 aromatic heterocycles. The van der Waals surface area contributed by atoms with Crippen LogP contribution in [0.1, 0.15) is 22.3 Å². The minimum Gasteiger partial charge on any atom is -0.310 e. The molecule has 0 spiro atoms. The third-order valence-electron chi connectivity index (χ3n) is 7.57. The number of hydrogen-bond acceptors (Lipinski definition) is 4. The van der Waals surface area contributed by atoms with Gasteiger partial charge in [0.25, 0.3) is 0 Å². The van der Waals surface area contributed by atoms with Crippen LogP contribution in [0.25, 0.3) is 11.1 Å². The van der Waals surface area contributed by atoms with Crippen molar-refractivity contribution in [2.75, 3.05) is 9.80 Å². The highest BCUT2D eigenvalue weighted by molar-refractivity contribution is 5.81. The molecule has 0 bridgehead atoms. The van der Waals surface area contributed by atoms with Crippen molar-refractivity contribution in [3.63, 3.8) is 0 Å². The smallest absolute Gasteiger partial charge is 0.0992 e. The molecule has 0 saturated heterocycles. The molecule has 0 fully saturated rings. The summed E-state index contributed by atoms with van der Waals surface area (Å²) >= 11 is 0. The molecule has 6 rings (SSSR count). The second-order valence-corrected chi connectivity index (χ2v) is 10.8. The highest BCUT2D eigenvalue weighted by Crippen LogP contribution is 2.38. The Morgan fingerprint density at radius 2 is 0.727 bits per heavy atom. The summed E-state index contributed by atoms with van der Waals surface area (Å²) in [5.41, 5.74) is 11.7. The lowest BCUT2D eigenvalue weighted by Gasteiger charge is -2.26. The summed E-state index contributed by atoms with van der Waals surface area (Å²) in [6, 6.07) is 53.7. The Morgan fingerprint density at radius 3 is 1.07 bits per heavy atom. The van der Waals surface area contributed by atoms with Gasteiger partial charge in [0, 0.05) is 34.1 Å². The van der Waals surface area contributed by atoms with Gasteiger partial charge in [-0.2, -0.15) is 10.5 Å². The van der Waals surface area contributed by atoms with Crippen molar-refractivity contribution in [3.8, 4) is 23.3 Å². The highest BCUT2D eigenvalue weighted by Gasteiger charge is 2.15. The zero-order valence-electron chi connectivity index (χ0n) is 24.6. The van der Waals surface area contributed by atoms with E-state index < -0.39 is 0 Å². The van der Waals surface area contributed by atoms with Crippen molar-refractivity contribution in [1.29, 1.82) is 10.5 Å². The molecule has 0 radical (unpaired) electrons. The first-order valence-corrected chi connectivity index (χ1v) is 14.5. The van der Waals surface area contributed by atoms with E-state index in [4.69, 9.17) is 0 Å². The zero-order valence-corrected chi connectivity index (χ0v) is 24.6. The molecule has 0 aliphatic rings. The van der Waals surface area contributed by atoms with E-state index in [1.807, 2.05) is 48.5 Å². The van der Waals surface area contributed by atoms with E-state index in [0.717, 1.165) is 45.3 Å². The molecule has 0 aliphatic heterocycles. The first-order chi connectivity index (χ1) is 21.5. The van der Waals surface area contributed by atoms with Gasteiger partial charge in [0.15, 0.2) is 0 Å². The van der Waals surface area contributed by atoms with E-state index in [-0.39, 0.29) is 0 Å². The molecule has 0 aliphatic carbocycles. The second-order valence-electron chi connectivity index (χ2n) is 10.8. The fourth-order valence-corrected chi connectivity index (χ4v) is 5.46. The molecule has 44 heavy (non-hydrogen) atoms. The number of aryl methyl sites for hydroxylation is 2. The average Bonchev–Trinajstić information content (AvgIpc) is 3.06. The molecule has 0 N–H and O–H groups in total. The van der Waals surface area contributed by atoms with Gasteiger partial charge in [-0.05, 0) is 121 Å². The zero-order chi connectivity index (χ0) is 30.5. The summed E-state index contributed by atoms with van der Waals surface area (Å²) in [6.45, 7) is 4.17. The van der Waals surface area contributed by atoms with Gasteiger partial charge in [0.05, 0.1) is 23.3 Å². The Bertz CT molecular complexity index is 1860. The molecule has 0 saturated carbocycles. The number of hydrogen-bond donors (Lipinski definition) is 0. The van der Waals surface area contributed by atoms with Crippen LogP contribution in [0.4, 0.5) is 34.1 Å². The summed E-state index contributed by atoms with van der Waals surface area (Å²) in [4.78, 5) is 4.35. The number of rotatable bonds is 7. The third-order valence-corrected chi connectivity index (χ3v) is 7.57. The minimum absolute atomic E-state index is 0.621. The van der Waals surface area contributed by atoms with Gasteiger partial charge in [-0.1, -0.05) is 60.7 Å². The molecular formula is C40H30N4. The van der Waals surface area contributed by atoms with Crippen LogP contribution in [-0.2, 0) is 0 Å². The summed E-state index contributed by atoms with van der Waals surface area (Å²) < 4.78 is 0. The van der Waals surface area contributed by atoms with E-state index in [1.54, 1.807) is 0 Å². The van der Waals surface area contributed by atoms with E-state index in [0.29, 0.717) is 11.1 Å². The van der Waals surface area contributed by atoms with E-state index >= 15 is 0 Å². The van der Waals surface area contributed by atoms with Gasteiger partial charge < -0.3 is 9.80 Å². The molecule has 210 valence electrons. The predicted octanol–water partition coefficient (Wildman–Crippen LogP) is 10.7. The number of nitriles is 2. The van der Waals surface area contributed by atoms with Crippen LogP contribution in [-0.4, -0.2) is 0 Å². The molecule has 0 heterocycles. The Hall–Kier alpha value is -6.10. The van der Waals surface area contributed by atoms with Crippen LogP contribution in [0.15, 0.2) is 146 Å². The lowest BCUT2D eigenvalue weighted by molar-refractivity contribution is 1.26. The number of nitrogens with zero attached hydrogens (tertiary/aromatic N) is 4. The predicted molar refractivity (Wildman–Crippen MR) is 180 cm³/mol. The van der Waals surface area contributed by atoms with Crippen molar-refractivity contribution in [2.24, 2.45) is 0 Å². The highest BCUT2D eigenvalue weighted by atomic mass is 15.1. The number of benzene rings is 6. The summed E-state index contributed by atoms with van der Waals surface area (Å²) in [7, 11) is 0. The molecule has 6 aromatic rings. The Morgan fingerprint density at radius 1 is 0.386 bits per heavy atom. The minimum atomic E-state index is 0.621. The van der Waals surface area contributed by atoms with Crippen molar-refractivity contribution in [2.45, 2.75) is 13.8 Å². The van der Waals surface area contributed by atoms with Gasteiger partial charge in [-0.3, -0.25) is 0 Å². The molecule has 4 heteroatoms. The Kier molecular flexibility index (Phi) is 7.91. The Labute approximate surface area is 258 Å². The molecular weight excluding hydrogens is 536 g/mol. The van der Waals surface area contributed by atoms with Gasteiger partial charge in [0.1, 0.15) is 0 Å². The van der Waals surface area contributed by atoms with Gasteiger partial charge in [-0.15, -0.1) is 0 Å². The van der Waals surface area contributed by atoms with Crippen LogP contribution >= 0.6 is 0 Å². The molecule has 0 atom stereocenters. The fourth-order valence-electron chi connectivity index (χ4n) is 5.46. The van der Waals surface area contributed by atoms with Gasteiger partial charge >= 0.3 is 0 Å².